The smallest absolute Gasteiger partial charge is 0.0951 e. The fourth-order valence-electron chi connectivity index (χ4n) is 3.11. The molecule has 0 amide bonds. The molecule has 82 valence electrons. The maximum Gasteiger partial charge on any atom is 0.0951 e. The highest BCUT2D eigenvalue weighted by atomic mass is 35.5. The summed E-state index contributed by atoms with van der Waals surface area (Å²) in [5, 5.41) is 0. The first kappa shape index (κ1) is 9.67. The van der Waals surface area contributed by atoms with Crippen LogP contribution in [-0.2, 0) is 5.88 Å². The van der Waals surface area contributed by atoms with Crippen LogP contribution in [0.3, 0.4) is 0 Å². The zero-order chi connectivity index (χ0) is 10.3. The topological polar surface area (TPSA) is 21.1 Å². The number of rotatable bonds is 2. The molecule has 2 fully saturated rings. The van der Waals surface area contributed by atoms with Crippen molar-refractivity contribution in [3.8, 4) is 0 Å². The van der Waals surface area contributed by atoms with Gasteiger partial charge in [0.05, 0.1) is 23.9 Å². The van der Waals surface area contributed by atoms with Gasteiger partial charge in [0.1, 0.15) is 0 Å². The Balaban J connectivity index is 1.88. The number of alkyl halides is 1. The first-order valence-corrected chi connectivity index (χ1v) is 6.24. The van der Waals surface area contributed by atoms with E-state index >= 15 is 0 Å². The van der Waals surface area contributed by atoms with E-state index in [1.54, 1.807) is 0 Å². The molecule has 2 atom stereocenters. The molecule has 2 unspecified atom stereocenters. The lowest BCUT2D eigenvalue weighted by molar-refractivity contribution is 0.288. The van der Waals surface area contributed by atoms with Crippen LogP contribution in [0.5, 0.6) is 0 Å². The third-order valence-corrected chi connectivity index (χ3v) is 4.08. The molecular weight excluding hydrogens is 210 g/mol. The molecule has 0 N–H and O–H groups in total. The zero-order valence-electron chi connectivity index (χ0n) is 8.77. The van der Waals surface area contributed by atoms with Crippen molar-refractivity contribution >= 4 is 11.6 Å². The lowest BCUT2D eigenvalue weighted by atomic mass is 10.1. The van der Waals surface area contributed by atoms with Gasteiger partial charge in [0.2, 0.25) is 0 Å². The third-order valence-electron chi connectivity index (χ3n) is 3.81. The van der Waals surface area contributed by atoms with E-state index in [-0.39, 0.29) is 0 Å². The van der Waals surface area contributed by atoms with Gasteiger partial charge in [-0.1, -0.05) is 0 Å². The summed E-state index contributed by atoms with van der Waals surface area (Å²) >= 11 is 5.92. The van der Waals surface area contributed by atoms with E-state index in [4.69, 9.17) is 11.6 Å². The molecule has 3 rings (SSSR count). The molecule has 4 heteroatoms. The second kappa shape index (κ2) is 3.80. The van der Waals surface area contributed by atoms with Crippen LogP contribution >= 0.6 is 11.6 Å². The number of imidazole rings is 1. The molecule has 0 radical (unpaired) electrons. The molecule has 15 heavy (non-hydrogen) atoms. The van der Waals surface area contributed by atoms with Crippen LogP contribution in [0.2, 0.25) is 0 Å². The van der Waals surface area contributed by atoms with Crippen molar-refractivity contribution in [2.24, 2.45) is 0 Å². The third kappa shape index (κ3) is 1.49. The highest BCUT2D eigenvalue weighted by molar-refractivity contribution is 6.16. The summed E-state index contributed by atoms with van der Waals surface area (Å²) in [5.41, 5.74) is 1.16. The molecule has 3 nitrogen and oxygen atoms in total. The number of aromatic nitrogens is 2. The summed E-state index contributed by atoms with van der Waals surface area (Å²) in [7, 11) is 0. The van der Waals surface area contributed by atoms with E-state index in [1.807, 2.05) is 12.5 Å². The number of hydrogen-bond donors (Lipinski definition) is 0. The Morgan fingerprint density at radius 2 is 2.27 bits per heavy atom. The van der Waals surface area contributed by atoms with Crippen LogP contribution in [-0.4, -0.2) is 33.6 Å². The van der Waals surface area contributed by atoms with Crippen LogP contribution in [0.15, 0.2) is 12.5 Å². The summed E-state index contributed by atoms with van der Waals surface area (Å²) < 4.78 is 2.29. The Morgan fingerprint density at radius 3 is 3.13 bits per heavy atom. The number of halogens is 1. The average molecular weight is 226 g/mol. The van der Waals surface area contributed by atoms with Crippen molar-refractivity contribution in [2.45, 2.75) is 37.2 Å². The molecule has 3 heterocycles. The van der Waals surface area contributed by atoms with Gasteiger partial charge in [0.25, 0.3) is 0 Å². The maximum absolute atomic E-state index is 5.92. The lowest BCUT2D eigenvalue weighted by Gasteiger charge is -2.22. The Morgan fingerprint density at radius 1 is 1.33 bits per heavy atom. The molecule has 1 aromatic heterocycles. The van der Waals surface area contributed by atoms with Crippen LogP contribution in [0.25, 0.3) is 0 Å². The molecular formula is C11H16ClN3. The Kier molecular flexibility index (Phi) is 2.45. The number of fused-ring (bicyclic) bond motifs is 1. The monoisotopic (exact) mass is 225 g/mol. The lowest BCUT2D eigenvalue weighted by Crippen LogP contribution is -2.27. The van der Waals surface area contributed by atoms with E-state index in [0.29, 0.717) is 11.9 Å². The van der Waals surface area contributed by atoms with Gasteiger partial charge in [-0.3, -0.25) is 4.90 Å². The second-order valence-electron chi connectivity index (χ2n) is 4.53. The summed E-state index contributed by atoms with van der Waals surface area (Å²) in [6.45, 7) is 2.53. The van der Waals surface area contributed by atoms with E-state index in [0.717, 1.165) is 11.7 Å². The first-order valence-electron chi connectivity index (χ1n) is 5.71. The van der Waals surface area contributed by atoms with Gasteiger partial charge in [-0.25, -0.2) is 4.98 Å². The molecule has 0 spiro atoms. The predicted molar refractivity (Wildman–Crippen MR) is 60.0 cm³/mol. The van der Waals surface area contributed by atoms with Gasteiger partial charge in [0.15, 0.2) is 0 Å². The van der Waals surface area contributed by atoms with E-state index < -0.39 is 0 Å². The predicted octanol–water partition coefficient (Wildman–Crippen LogP) is 2.03. The SMILES string of the molecule is ClCc1cncn1C1CCN2CCCC12. The average Bonchev–Trinajstić information content (AvgIpc) is 2.92. The molecule has 2 aliphatic heterocycles. The summed E-state index contributed by atoms with van der Waals surface area (Å²) in [6.07, 6.45) is 7.79. The van der Waals surface area contributed by atoms with Crippen molar-refractivity contribution in [2.75, 3.05) is 13.1 Å². The van der Waals surface area contributed by atoms with Crippen LogP contribution in [0, 0.1) is 0 Å². The molecule has 2 saturated heterocycles. The van der Waals surface area contributed by atoms with E-state index in [2.05, 4.69) is 14.5 Å². The molecule has 0 bridgehead atoms. The number of hydrogen-bond acceptors (Lipinski definition) is 2. The standard InChI is InChI=1S/C11H16ClN3/c12-6-9-7-13-8-15(9)11-3-5-14-4-1-2-10(11)14/h7-8,10-11H,1-6H2. The van der Waals surface area contributed by atoms with Crippen molar-refractivity contribution < 1.29 is 0 Å². The van der Waals surface area contributed by atoms with E-state index in [9.17, 15) is 0 Å². The summed E-state index contributed by atoms with van der Waals surface area (Å²) in [6, 6.07) is 1.35. The molecule has 0 aromatic carbocycles. The van der Waals surface area contributed by atoms with Gasteiger partial charge >= 0.3 is 0 Å². The van der Waals surface area contributed by atoms with Crippen molar-refractivity contribution in [3.63, 3.8) is 0 Å². The maximum atomic E-state index is 5.92. The van der Waals surface area contributed by atoms with Gasteiger partial charge in [0, 0.05) is 18.8 Å². The molecule has 0 saturated carbocycles. The molecule has 0 aliphatic carbocycles. The van der Waals surface area contributed by atoms with Crippen LogP contribution in [0.1, 0.15) is 31.0 Å². The van der Waals surface area contributed by atoms with E-state index in [1.165, 1.54) is 32.4 Å². The Hall–Kier alpha value is -0.540. The van der Waals surface area contributed by atoms with Crippen LogP contribution in [0.4, 0.5) is 0 Å². The number of nitrogens with zero attached hydrogens (tertiary/aromatic N) is 3. The largest absolute Gasteiger partial charge is 0.329 e. The van der Waals surface area contributed by atoms with Gasteiger partial charge in [-0.15, -0.1) is 11.6 Å². The van der Waals surface area contributed by atoms with Crippen molar-refractivity contribution in [1.82, 2.24) is 14.5 Å². The van der Waals surface area contributed by atoms with Crippen LogP contribution < -0.4 is 0 Å². The minimum atomic E-state index is 0.573. The van der Waals surface area contributed by atoms with Crippen molar-refractivity contribution in [3.05, 3.63) is 18.2 Å². The van der Waals surface area contributed by atoms with Gasteiger partial charge < -0.3 is 4.57 Å². The second-order valence-corrected chi connectivity index (χ2v) is 4.79. The highest BCUT2D eigenvalue weighted by Crippen LogP contribution is 2.36. The molecule has 1 aromatic rings. The Bertz CT molecular complexity index is 349. The fraction of sp³-hybridized carbons (Fsp3) is 0.727. The highest BCUT2D eigenvalue weighted by Gasteiger charge is 2.38. The molecule has 2 aliphatic rings. The minimum absolute atomic E-state index is 0.573. The summed E-state index contributed by atoms with van der Waals surface area (Å²) in [4.78, 5) is 6.83. The summed E-state index contributed by atoms with van der Waals surface area (Å²) in [5.74, 6) is 0.573. The first-order chi connectivity index (χ1) is 7.40. The quantitative estimate of drug-likeness (QED) is 0.719. The van der Waals surface area contributed by atoms with Gasteiger partial charge in [-0.05, 0) is 25.8 Å². The minimum Gasteiger partial charge on any atom is -0.329 e. The zero-order valence-corrected chi connectivity index (χ0v) is 9.53. The van der Waals surface area contributed by atoms with Gasteiger partial charge in [-0.2, -0.15) is 0 Å². The fourth-order valence-corrected chi connectivity index (χ4v) is 3.32. The van der Waals surface area contributed by atoms with Crippen molar-refractivity contribution in [1.29, 1.82) is 0 Å². The normalized spacial score (nSPS) is 31.0. The Labute approximate surface area is 95.0 Å².